The van der Waals surface area contributed by atoms with Gasteiger partial charge in [0.05, 0.1) is 12.5 Å². The van der Waals surface area contributed by atoms with E-state index in [4.69, 9.17) is 4.74 Å². The van der Waals surface area contributed by atoms with E-state index in [0.717, 1.165) is 58.4 Å². The molecule has 5 rings (SSSR count). The first-order valence-corrected chi connectivity index (χ1v) is 14.4. The molecule has 212 valence electrons. The molecule has 6 nitrogen and oxygen atoms in total. The third-order valence-electron chi connectivity index (χ3n) is 7.30. The second-order valence-electron chi connectivity index (χ2n) is 11.6. The number of nitrogens with one attached hydrogen (secondary N) is 2. The molecule has 1 aliphatic heterocycles. The van der Waals surface area contributed by atoms with E-state index < -0.39 is 5.60 Å². The molecule has 1 atom stereocenters. The summed E-state index contributed by atoms with van der Waals surface area (Å²) in [6, 6.07) is 24.3. The molecule has 6 heteroatoms. The maximum absolute atomic E-state index is 13.6. The van der Waals surface area contributed by atoms with E-state index >= 15 is 0 Å². The Hall–Kier alpha value is -4.32. The fraction of sp³-hybridized carbons (Fsp3) is 0.314. The predicted molar refractivity (Wildman–Crippen MR) is 165 cm³/mol. The molecule has 1 aliphatic rings. The summed E-state index contributed by atoms with van der Waals surface area (Å²) < 4.78 is 5.47. The number of benzene rings is 3. The summed E-state index contributed by atoms with van der Waals surface area (Å²) in [4.78, 5) is 31.5. The maximum atomic E-state index is 13.6. The van der Waals surface area contributed by atoms with Crippen molar-refractivity contribution in [2.45, 2.75) is 58.1 Å². The van der Waals surface area contributed by atoms with E-state index in [0.29, 0.717) is 12.8 Å². The molecule has 1 aromatic heterocycles. The largest absolute Gasteiger partial charge is 0.460 e. The number of carbonyl (C=O) groups excluding carboxylic acids is 2. The molecule has 1 amide bonds. The summed E-state index contributed by atoms with van der Waals surface area (Å²) in [5.74, 6) is -0.257. The fourth-order valence-corrected chi connectivity index (χ4v) is 5.43. The Morgan fingerprint density at radius 1 is 1.00 bits per heavy atom. The summed E-state index contributed by atoms with van der Waals surface area (Å²) in [5.41, 5.74) is 5.74. The van der Waals surface area contributed by atoms with Crippen LogP contribution in [0.1, 0.15) is 61.9 Å². The Kier molecular flexibility index (Phi) is 8.58. The molecule has 0 fully saturated rings. The molecule has 1 unspecified atom stereocenters. The van der Waals surface area contributed by atoms with Crippen LogP contribution >= 0.6 is 0 Å². The third-order valence-corrected chi connectivity index (χ3v) is 7.30. The third kappa shape index (κ3) is 7.26. The van der Waals surface area contributed by atoms with E-state index in [-0.39, 0.29) is 24.3 Å². The average molecular weight is 550 g/mol. The van der Waals surface area contributed by atoms with Crippen LogP contribution < -0.4 is 10.2 Å². The Bertz CT molecular complexity index is 1530. The zero-order valence-electron chi connectivity index (χ0n) is 24.2. The van der Waals surface area contributed by atoms with Crippen LogP contribution in [0, 0.1) is 0 Å². The summed E-state index contributed by atoms with van der Waals surface area (Å²) in [7, 11) is 0. The van der Waals surface area contributed by atoms with Crippen molar-refractivity contribution in [3.05, 3.63) is 113 Å². The minimum Gasteiger partial charge on any atom is -0.460 e. The monoisotopic (exact) mass is 549 g/mol. The number of nitrogens with zero attached hydrogens (tertiary/aromatic N) is 1. The van der Waals surface area contributed by atoms with E-state index in [1.165, 1.54) is 0 Å². The quantitative estimate of drug-likeness (QED) is 0.181. The van der Waals surface area contributed by atoms with Crippen LogP contribution in [0.3, 0.4) is 0 Å². The van der Waals surface area contributed by atoms with Crippen molar-refractivity contribution in [1.82, 2.24) is 10.3 Å². The van der Waals surface area contributed by atoms with Gasteiger partial charge in [0.2, 0.25) is 5.91 Å². The molecule has 0 aliphatic carbocycles. The zero-order chi connectivity index (χ0) is 28.8. The number of fused-ring (bicyclic) bond motifs is 1. The molecule has 0 radical (unpaired) electrons. The highest BCUT2D eigenvalue weighted by molar-refractivity contribution is 5.87. The van der Waals surface area contributed by atoms with Crippen molar-refractivity contribution in [2.75, 3.05) is 18.0 Å². The standard InChI is InChI=1S/C35H39N3O3/c1-35(2,3)41-33(40)19-17-27-24-36-30-18-16-25(22-29(27)30)23-32(39)37-34(26-12-6-4-7-13-26)28-14-8-9-15-31(28)38-20-10-5-11-21-38/h4-10,12-16,18,22,24,34,36H,11,17,19-21,23H2,1-3H3,(H,37,39). The molecule has 0 spiro atoms. The van der Waals surface area contributed by atoms with Gasteiger partial charge < -0.3 is 19.9 Å². The van der Waals surface area contributed by atoms with E-state index in [1.54, 1.807) is 0 Å². The average Bonchev–Trinajstić information content (AvgIpc) is 3.37. The van der Waals surface area contributed by atoms with Crippen LogP contribution in [-0.2, 0) is 27.2 Å². The van der Waals surface area contributed by atoms with Crippen LogP contribution in [0.25, 0.3) is 10.9 Å². The van der Waals surface area contributed by atoms with E-state index in [1.807, 2.05) is 63.4 Å². The van der Waals surface area contributed by atoms with Crippen molar-refractivity contribution in [3.8, 4) is 0 Å². The summed E-state index contributed by atoms with van der Waals surface area (Å²) in [6.07, 6.45) is 8.51. The first-order valence-electron chi connectivity index (χ1n) is 14.4. The van der Waals surface area contributed by atoms with Gasteiger partial charge in [-0.1, -0.05) is 66.7 Å². The molecular formula is C35H39N3O3. The van der Waals surface area contributed by atoms with Crippen LogP contribution in [0.2, 0.25) is 0 Å². The van der Waals surface area contributed by atoms with Crippen molar-refractivity contribution >= 4 is 28.5 Å². The van der Waals surface area contributed by atoms with E-state index in [2.05, 4.69) is 63.8 Å². The normalized spacial score (nSPS) is 14.2. The van der Waals surface area contributed by atoms with Gasteiger partial charge in [-0.25, -0.2) is 0 Å². The highest BCUT2D eigenvalue weighted by Gasteiger charge is 2.23. The van der Waals surface area contributed by atoms with Crippen LogP contribution in [0.15, 0.2) is 91.1 Å². The summed E-state index contributed by atoms with van der Waals surface area (Å²) >= 11 is 0. The molecular weight excluding hydrogens is 510 g/mol. The van der Waals surface area contributed by atoms with Gasteiger partial charge in [0.25, 0.3) is 0 Å². The molecule has 0 bridgehead atoms. The highest BCUT2D eigenvalue weighted by atomic mass is 16.6. The lowest BCUT2D eigenvalue weighted by Gasteiger charge is -2.31. The number of para-hydroxylation sites is 1. The number of amides is 1. The lowest BCUT2D eigenvalue weighted by molar-refractivity contribution is -0.154. The molecule has 4 aromatic rings. The summed E-state index contributed by atoms with van der Waals surface area (Å²) in [6.45, 7) is 7.44. The number of anilines is 1. The van der Waals surface area contributed by atoms with Crippen LogP contribution in [0.5, 0.6) is 0 Å². The molecule has 0 saturated heterocycles. The number of carbonyl (C=O) groups is 2. The minimum atomic E-state index is -0.499. The molecule has 2 N–H and O–H groups in total. The van der Waals surface area contributed by atoms with Gasteiger partial charge in [0, 0.05) is 47.9 Å². The Morgan fingerprint density at radius 2 is 1.78 bits per heavy atom. The van der Waals surface area contributed by atoms with E-state index in [9.17, 15) is 9.59 Å². The first-order chi connectivity index (χ1) is 19.8. The molecule has 2 heterocycles. The van der Waals surface area contributed by atoms with Gasteiger partial charge in [-0.05, 0) is 68.5 Å². The van der Waals surface area contributed by atoms with Crippen molar-refractivity contribution in [2.24, 2.45) is 0 Å². The number of hydrogen-bond donors (Lipinski definition) is 2. The molecule has 3 aromatic carbocycles. The number of H-pyrrole nitrogens is 1. The highest BCUT2D eigenvalue weighted by Crippen LogP contribution is 2.32. The number of aromatic nitrogens is 1. The van der Waals surface area contributed by atoms with Crippen molar-refractivity contribution in [3.63, 3.8) is 0 Å². The molecule has 41 heavy (non-hydrogen) atoms. The van der Waals surface area contributed by atoms with Gasteiger partial charge in [-0.3, -0.25) is 9.59 Å². The van der Waals surface area contributed by atoms with Gasteiger partial charge >= 0.3 is 5.97 Å². The van der Waals surface area contributed by atoms with Crippen LogP contribution in [-0.4, -0.2) is 35.6 Å². The van der Waals surface area contributed by atoms with Gasteiger partial charge in [-0.15, -0.1) is 0 Å². The topological polar surface area (TPSA) is 74.4 Å². The fourth-order valence-electron chi connectivity index (χ4n) is 5.43. The maximum Gasteiger partial charge on any atom is 0.306 e. The second-order valence-corrected chi connectivity index (χ2v) is 11.6. The lowest BCUT2D eigenvalue weighted by Crippen LogP contribution is -2.33. The summed E-state index contributed by atoms with van der Waals surface area (Å²) in [5, 5.41) is 4.37. The SMILES string of the molecule is CC(C)(C)OC(=O)CCc1c[nH]c2ccc(CC(=O)NC(c3ccccc3)c3ccccc3N3CC=CCC3)cc12. The second kappa shape index (κ2) is 12.5. The minimum absolute atomic E-state index is 0.0441. The smallest absolute Gasteiger partial charge is 0.306 e. The molecule has 0 saturated carbocycles. The number of aromatic amines is 1. The zero-order valence-corrected chi connectivity index (χ0v) is 24.2. The van der Waals surface area contributed by atoms with Crippen molar-refractivity contribution < 1.29 is 14.3 Å². The van der Waals surface area contributed by atoms with Gasteiger partial charge in [0.15, 0.2) is 0 Å². The first kappa shape index (κ1) is 28.2. The number of esters is 1. The van der Waals surface area contributed by atoms with Gasteiger partial charge in [-0.2, -0.15) is 0 Å². The number of aryl methyl sites for hydroxylation is 1. The number of hydrogen-bond acceptors (Lipinski definition) is 4. The Balaban J connectivity index is 1.34. The van der Waals surface area contributed by atoms with Gasteiger partial charge in [0.1, 0.15) is 5.60 Å². The van der Waals surface area contributed by atoms with Crippen LogP contribution in [0.4, 0.5) is 5.69 Å². The Labute approximate surface area is 242 Å². The van der Waals surface area contributed by atoms with Crippen molar-refractivity contribution in [1.29, 1.82) is 0 Å². The Morgan fingerprint density at radius 3 is 2.54 bits per heavy atom. The number of rotatable bonds is 9. The lowest BCUT2D eigenvalue weighted by atomic mass is 9.95. The predicted octanol–water partition coefficient (Wildman–Crippen LogP) is 6.66. The number of ether oxygens (including phenoxy) is 1.